The second-order valence-corrected chi connectivity index (χ2v) is 7.10. The first kappa shape index (κ1) is 10.2. The maximum absolute atomic E-state index is 8.83. The van der Waals surface area contributed by atoms with E-state index in [1.807, 2.05) is 54.6 Å². The van der Waals surface area contributed by atoms with Gasteiger partial charge in [0, 0.05) is 0 Å². The van der Waals surface area contributed by atoms with Gasteiger partial charge in [0.25, 0.3) is 0 Å². The van der Waals surface area contributed by atoms with Crippen molar-refractivity contribution in [2.45, 2.75) is 0 Å². The lowest BCUT2D eigenvalue weighted by Gasteiger charge is -2.13. The van der Waals surface area contributed by atoms with Crippen molar-refractivity contribution in [3.05, 3.63) is 121 Å². The molecule has 6 rings (SSSR count). The molecule has 0 spiro atoms. The molecule has 0 amide bonds. The monoisotopic (exact) mass is 389 g/mol. The van der Waals surface area contributed by atoms with E-state index in [0.29, 0.717) is 5.56 Å². The third-order valence-corrected chi connectivity index (χ3v) is 5.40. The van der Waals surface area contributed by atoms with Crippen molar-refractivity contribution in [3.8, 4) is 22.3 Å². The van der Waals surface area contributed by atoms with Crippen LogP contribution < -0.4 is 0 Å². The van der Waals surface area contributed by atoms with Crippen LogP contribution in [0.25, 0.3) is 54.6 Å². The first-order chi connectivity index (χ1) is 18.6. The van der Waals surface area contributed by atoms with Gasteiger partial charge in [0.05, 0.1) is 12.3 Å². The van der Waals surface area contributed by atoms with E-state index in [1.165, 1.54) is 0 Å². The van der Waals surface area contributed by atoms with E-state index >= 15 is 0 Å². The van der Waals surface area contributed by atoms with E-state index in [0.717, 1.165) is 21.9 Å². The Balaban J connectivity index is 1.75. The Morgan fingerprint density at radius 3 is 1.80 bits per heavy atom. The first-order valence-corrected chi connectivity index (χ1v) is 9.64. The first-order valence-electron chi connectivity index (χ1n) is 14.1. The Morgan fingerprint density at radius 1 is 0.467 bits per heavy atom. The number of fused-ring (bicyclic) bond motifs is 3. The third-order valence-electron chi connectivity index (χ3n) is 5.40. The van der Waals surface area contributed by atoms with Crippen molar-refractivity contribution in [3.63, 3.8) is 0 Å². The summed E-state index contributed by atoms with van der Waals surface area (Å²) in [7, 11) is 0. The van der Waals surface area contributed by atoms with Crippen molar-refractivity contribution in [1.29, 1.82) is 0 Å². The molecule has 0 heterocycles. The zero-order valence-electron chi connectivity index (χ0n) is 24.9. The molecule has 0 aliphatic carbocycles. The molecule has 0 heteroatoms. The van der Waals surface area contributed by atoms with Crippen molar-refractivity contribution < 1.29 is 12.3 Å². The number of benzene rings is 6. The van der Waals surface area contributed by atoms with Gasteiger partial charge in [-0.2, -0.15) is 0 Å². The highest BCUT2D eigenvalue weighted by atomic mass is 14.1. The molecule has 0 aliphatic heterocycles. The number of hydrogen-bond donors (Lipinski definition) is 0. The van der Waals surface area contributed by atoms with E-state index in [4.69, 9.17) is 12.3 Å². The molecule has 0 bridgehead atoms. The molecule has 0 atom stereocenters. The van der Waals surface area contributed by atoms with Crippen molar-refractivity contribution >= 4 is 32.3 Å². The molecule has 6 aromatic carbocycles. The topological polar surface area (TPSA) is 0 Å². The zero-order chi connectivity index (χ0) is 27.7. The molecule has 0 fully saturated rings. The molecule has 0 nitrogen and oxygen atoms in total. The van der Waals surface area contributed by atoms with Crippen LogP contribution in [0.4, 0.5) is 0 Å². The van der Waals surface area contributed by atoms with Crippen LogP contribution in [0.3, 0.4) is 0 Å². The van der Waals surface area contributed by atoms with E-state index in [1.54, 1.807) is 12.1 Å². The van der Waals surface area contributed by atoms with Gasteiger partial charge in [0.15, 0.2) is 0 Å². The molecule has 0 N–H and O–H groups in total. The summed E-state index contributed by atoms with van der Waals surface area (Å²) >= 11 is 0. The molecule has 0 aromatic heterocycles. The largest absolute Gasteiger partial charge is 0.0636 e. The summed E-state index contributed by atoms with van der Waals surface area (Å²) < 4.78 is 76.3. The fourth-order valence-corrected chi connectivity index (χ4v) is 4.02. The highest BCUT2D eigenvalue weighted by molar-refractivity contribution is 6.12. The molecule has 0 aliphatic rings. The highest BCUT2D eigenvalue weighted by Crippen LogP contribution is 2.37. The van der Waals surface area contributed by atoms with Crippen molar-refractivity contribution in [1.82, 2.24) is 0 Å². The fraction of sp³-hybridized carbons (Fsp3) is 0. The molecule has 6 aromatic rings. The van der Waals surface area contributed by atoms with Crippen LogP contribution in [-0.2, 0) is 0 Å². The number of rotatable bonds is 2. The standard InChI is InChI=1S/C30H20/c1-4-12-26-21(8-1)11-7-15-27(26)22-16-18-23(19-17-22)30-28-13-5-2-9-24(28)20-25-10-3-6-14-29(25)30/h1-20H/i2D,3D,5D,6D,9D,10D,13D,14D,20D. The average molecular weight is 390 g/mol. The Labute approximate surface area is 188 Å². The molecule has 0 saturated heterocycles. The summed E-state index contributed by atoms with van der Waals surface area (Å²) in [5.41, 5.74) is 2.70. The lowest BCUT2D eigenvalue weighted by atomic mass is 9.90. The summed E-state index contributed by atoms with van der Waals surface area (Å²) in [5.74, 6) is 0. The maximum Gasteiger partial charge on any atom is 0.0636 e. The van der Waals surface area contributed by atoms with Crippen LogP contribution in [0.15, 0.2) is 121 Å². The van der Waals surface area contributed by atoms with Crippen molar-refractivity contribution in [2.24, 2.45) is 0 Å². The van der Waals surface area contributed by atoms with Gasteiger partial charge in [-0.3, -0.25) is 0 Å². The lowest BCUT2D eigenvalue weighted by molar-refractivity contribution is 1.64. The van der Waals surface area contributed by atoms with Gasteiger partial charge < -0.3 is 0 Å². The van der Waals surface area contributed by atoms with Gasteiger partial charge in [-0.25, -0.2) is 0 Å². The molecular weight excluding hydrogens is 360 g/mol. The summed E-state index contributed by atoms with van der Waals surface area (Å²) in [6.45, 7) is 0. The highest BCUT2D eigenvalue weighted by Gasteiger charge is 2.10. The van der Waals surface area contributed by atoms with Crippen LogP contribution in [0.5, 0.6) is 0 Å². The van der Waals surface area contributed by atoms with Crippen LogP contribution >= 0.6 is 0 Å². The molecule has 0 unspecified atom stereocenters. The van der Waals surface area contributed by atoms with E-state index < -0.39 is 36.3 Å². The fourth-order valence-electron chi connectivity index (χ4n) is 4.02. The second kappa shape index (κ2) is 6.86. The van der Waals surface area contributed by atoms with Gasteiger partial charge in [-0.1, -0.05) is 115 Å². The number of hydrogen-bond acceptors (Lipinski definition) is 0. The molecule has 140 valence electrons. The summed E-state index contributed by atoms with van der Waals surface area (Å²) in [6, 6.07) is 17.6. The van der Waals surface area contributed by atoms with Crippen LogP contribution in [0.1, 0.15) is 12.3 Å². The van der Waals surface area contributed by atoms with Crippen molar-refractivity contribution in [2.75, 3.05) is 0 Å². The Kier molecular flexibility index (Phi) is 2.34. The molecular formula is C30H20. The van der Waals surface area contributed by atoms with Crippen LogP contribution in [0.2, 0.25) is 0 Å². The molecule has 0 radical (unpaired) electrons. The lowest BCUT2D eigenvalue weighted by Crippen LogP contribution is -1.86. The SMILES string of the molecule is [2H]c1c([2H])c([2H])c2c(-c3ccc(-c4cccc5ccccc45)cc3)c3c([2H])c([2H])c([2H])c([2H])c3c([2H])c2c1[2H]. The summed E-state index contributed by atoms with van der Waals surface area (Å²) in [6.07, 6.45) is 0. The van der Waals surface area contributed by atoms with E-state index in [2.05, 4.69) is 0 Å². The van der Waals surface area contributed by atoms with Crippen LogP contribution in [0, 0.1) is 0 Å². The summed E-state index contributed by atoms with van der Waals surface area (Å²) in [5, 5.41) is 2.13. The zero-order valence-corrected chi connectivity index (χ0v) is 15.9. The smallest absolute Gasteiger partial charge is 0.0616 e. The quantitative estimate of drug-likeness (QED) is 0.260. The normalized spacial score (nSPS) is 15.5. The molecule has 0 saturated carbocycles. The van der Waals surface area contributed by atoms with E-state index in [9.17, 15) is 0 Å². The second-order valence-electron chi connectivity index (χ2n) is 7.10. The van der Waals surface area contributed by atoms with Gasteiger partial charge in [0.1, 0.15) is 0 Å². The summed E-state index contributed by atoms with van der Waals surface area (Å²) in [4.78, 5) is 0. The van der Waals surface area contributed by atoms with Gasteiger partial charge in [-0.15, -0.1) is 0 Å². The van der Waals surface area contributed by atoms with Crippen LogP contribution in [-0.4, -0.2) is 0 Å². The van der Waals surface area contributed by atoms with Gasteiger partial charge >= 0.3 is 0 Å². The third kappa shape index (κ3) is 2.69. The Morgan fingerprint density at radius 2 is 1.07 bits per heavy atom. The minimum atomic E-state index is -0.501. The minimum absolute atomic E-state index is 0.0569. The maximum atomic E-state index is 8.83. The van der Waals surface area contributed by atoms with E-state index in [-0.39, 0.29) is 45.2 Å². The average Bonchev–Trinajstić information content (AvgIpc) is 2.96. The Hall–Kier alpha value is -3.90. The van der Waals surface area contributed by atoms with Gasteiger partial charge in [0.2, 0.25) is 0 Å². The Bertz CT molecular complexity index is 1910. The minimum Gasteiger partial charge on any atom is -0.0616 e. The van der Waals surface area contributed by atoms with Gasteiger partial charge in [-0.05, 0) is 60.6 Å². The predicted molar refractivity (Wildman–Crippen MR) is 130 cm³/mol. The predicted octanol–water partition coefficient (Wildman–Crippen LogP) is 8.48. The molecule has 30 heavy (non-hydrogen) atoms.